The second-order valence-electron chi connectivity index (χ2n) is 6.67. The first-order valence-electron chi connectivity index (χ1n) is 9.14. The molecule has 0 bridgehead atoms. The molecule has 154 valence electrons. The zero-order chi connectivity index (χ0) is 21.3. The molecule has 30 heavy (non-hydrogen) atoms. The molecule has 0 radical (unpaired) electrons. The van der Waals surface area contributed by atoms with E-state index in [0.29, 0.717) is 28.3 Å². The molecule has 8 heteroatoms. The van der Waals surface area contributed by atoms with Crippen molar-refractivity contribution in [1.29, 1.82) is 0 Å². The Morgan fingerprint density at radius 3 is 2.33 bits per heavy atom. The molecule has 0 spiro atoms. The second-order valence-corrected chi connectivity index (χ2v) is 7.45. The van der Waals surface area contributed by atoms with Gasteiger partial charge in [0.05, 0.1) is 26.0 Å². The van der Waals surface area contributed by atoms with Gasteiger partial charge in [-0.25, -0.2) is 9.40 Å². The maximum atomic E-state index is 13.4. The highest BCUT2D eigenvalue weighted by atomic mass is 79.9. The van der Waals surface area contributed by atoms with Gasteiger partial charge in [0.2, 0.25) is 0 Å². The third-order valence-electron chi connectivity index (χ3n) is 4.84. The van der Waals surface area contributed by atoms with Crippen LogP contribution in [-0.2, 0) is 0 Å². The lowest BCUT2D eigenvalue weighted by atomic mass is 9.98. The molecule has 6 nitrogen and oxygen atoms in total. The Kier molecular flexibility index (Phi) is 5.59. The van der Waals surface area contributed by atoms with Gasteiger partial charge >= 0.3 is 5.91 Å². The van der Waals surface area contributed by atoms with Gasteiger partial charge in [-0.1, -0.05) is 12.1 Å². The average Bonchev–Trinajstić information content (AvgIpc) is 3.40. The van der Waals surface area contributed by atoms with Crippen molar-refractivity contribution in [1.82, 2.24) is 5.01 Å². The predicted octanol–water partition coefficient (Wildman–Crippen LogP) is 5.19. The minimum Gasteiger partial charge on any atom is -0.497 e. The molecule has 3 aromatic rings. The van der Waals surface area contributed by atoms with Crippen LogP contribution in [0.25, 0.3) is 0 Å². The zero-order valence-corrected chi connectivity index (χ0v) is 17.8. The summed E-state index contributed by atoms with van der Waals surface area (Å²) in [7, 11) is 3.14. The molecule has 1 amide bonds. The summed E-state index contributed by atoms with van der Waals surface area (Å²) in [5, 5.41) is 5.97. The van der Waals surface area contributed by atoms with Gasteiger partial charge in [0, 0.05) is 18.1 Å². The van der Waals surface area contributed by atoms with Crippen molar-refractivity contribution in [3.05, 3.63) is 82.0 Å². The number of carbonyl (C=O) groups excluding carboxylic acids is 1. The van der Waals surface area contributed by atoms with Gasteiger partial charge in [0.15, 0.2) is 10.4 Å². The summed E-state index contributed by atoms with van der Waals surface area (Å²) in [4.78, 5) is 13.1. The maximum absolute atomic E-state index is 13.4. The molecular weight excluding hydrogens is 455 g/mol. The second kappa shape index (κ2) is 8.31. The number of halogens is 2. The van der Waals surface area contributed by atoms with E-state index in [2.05, 4.69) is 21.0 Å². The number of methoxy groups -OCH3 is 2. The van der Waals surface area contributed by atoms with E-state index in [1.54, 1.807) is 44.6 Å². The van der Waals surface area contributed by atoms with Crippen molar-refractivity contribution in [3.8, 4) is 11.5 Å². The molecule has 4 rings (SSSR count). The van der Waals surface area contributed by atoms with Gasteiger partial charge in [-0.15, -0.1) is 0 Å². The van der Waals surface area contributed by atoms with E-state index in [0.717, 1.165) is 11.1 Å². The average molecular weight is 473 g/mol. The largest absolute Gasteiger partial charge is 0.497 e. The summed E-state index contributed by atoms with van der Waals surface area (Å²) >= 11 is 3.21. The molecule has 1 aromatic heterocycles. The van der Waals surface area contributed by atoms with Crippen molar-refractivity contribution in [3.63, 3.8) is 0 Å². The molecule has 0 unspecified atom stereocenters. The highest BCUT2D eigenvalue weighted by Gasteiger charge is 2.35. The summed E-state index contributed by atoms with van der Waals surface area (Å²) in [5.74, 6) is 0.653. The molecule has 1 atom stereocenters. The van der Waals surface area contributed by atoms with E-state index in [9.17, 15) is 9.18 Å². The minimum atomic E-state index is -0.408. The van der Waals surface area contributed by atoms with Crippen LogP contribution in [-0.4, -0.2) is 30.8 Å². The number of rotatable bonds is 5. The number of carbonyl (C=O) groups is 1. The Labute approximate surface area is 181 Å². The summed E-state index contributed by atoms with van der Waals surface area (Å²) in [6.07, 6.45) is 0.440. The van der Waals surface area contributed by atoms with Crippen LogP contribution in [0.3, 0.4) is 0 Å². The topological polar surface area (TPSA) is 64.3 Å². The Balaban J connectivity index is 1.75. The zero-order valence-electron chi connectivity index (χ0n) is 16.3. The number of furan rings is 1. The molecule has 0 saturated carbocycles. The summed E-state index contributed by atoms with van der Waals surface area (Å²) < 4.78 is 30.0. The fourth-order valence-electron chi connectivity index (χ4n) is 3.33. The summed E-state index contributed by atoms with van der Waals surface area (Å²) in [6.45, 7) is 0. The van der Waals surface area contributed by atoms with E-state index in [1.165, 1.54) is 17.1 Å². The smallest absolute Gasteiger partial charge is 0.310 e. The lowest BCUT2D eigenvalue weighted by molar-refractivity contribution is 0.0677. The molecule has 1 aliphatic rings. The summed E-state index contributed by atoms with van der Waals surface area (Å²) in [5.41, 5.74) is 2.22. The van der Waals surface area contributed by atoms with Gasteiger partial charge in [0.25, 0.3) is 0 Å². The Morgan fingerprint density at radius 2 is 1.77 bits per heavy atom. The molecule has 0 saturated heterocycles. The SMILES string of the molecule is COc1cc(OC)cc(C2=NN(C(=O)c3ccc(Br)o3)[C@H](c3ccc(F)cc3)C2)c1. The van der Waals surface area contributed by atoms with Crippen LogP contribution in [0.15, 0.2) is 68.8 Å². The van der Waals surface area contributed by atoms with Crippen LogP contribution in [0.2, 0.25) is 0 Å². The number of hydrazone groups is 1. The van der Waals surface area contributed by atoms with Crippen molar-refractivity contribution < 1.29 is 23.1 Å². The molecule has 0 N–H and O–H groups in total. The lowest BCUT2D eigenvalue weighted by Crippen LogP contribution is -2.26. The first-order valence-corrected chi connectivity index (χ1v) is 9.93. The molecule has 0 fully saturated rings. The molecule has 1 aliphatic heterocycles. The number of hydrogen-bond acceptors (Lipinski definition) is 5. The predicted molar refractivity (Wildman–Crippen MR) is 112 cm³/mol. The quantitative estimate of drug-likeness (QED) is 0.512. The number of amides is 1. The van der Waals surface area contributed by atoms with Crippen LogP contribution < -0.4 is 9.47 Å². The molecule has 2 heterocycles. The number of nitrogens with zero attached hydrogens (tertiary/aromatic N) is 2. The Bertz CT molecular complexity index is 1090. The van der Waals surface area contributed by atoms with E-state index in [1.807, 2.05) is 12.1 Å². The van der Waals surface area contributed by atoms with Crippen LogP contribution in [0, 0.1) is 5.82 Å². The van der Waals surface area contributed by atoms with E-state index in [4.69, 9.17) is 13.9 Å². The van der Waals surface area contributed by atoms with E-state index >= 15 is 0 Å². The van der Waals surface area contributed by atoms with Crippen LogP contribution in [0.4, 0.5) is 4.39 Å². The van der Waals surface area contributed by atoms with Gasteiger partial charge in [-0.2, -0.15) is 5.10 Å². The van der Waals surface area contributed by atoms with Crippen molar-refractivity contribution in [2.75, 3.05) is 14.2 Å². The maximum Gasteiger partial charge on any atom is 0.310 e. The van der Waals surface area contributed by atoms with Crippen LogP contribution >= 0.6 is 15.9 Å². The standard InChI is InChI=1S/C22H18BrFN2O4/c1-28-16-9-14(10-17(11-16)29-2)18-12-19(13-3-5-15(24)6-4-13)26(25-18)22(27)20-7-8-21(23)30-20/h3-11,19H,12H2,1-2H3/t19-/m0/s1. The fourth-order valence-corrected chi connectivity index (χ4v) is 3.64. The highest BCUT2D eigenvalue weighted by molar-refractivity contribution is 9.10. The molecule has 0 aliphatic carbocycles. The normalized spacial score (nSPS) is 15.8. The molecular formula is C22H18BrFN2O4. The monoisotopic (exact) mass is 472 g/mol. The fraction of sp³-hybridized carbons (Fsp3) is 0.182. The van der Waals surface area contributed by atoms with Crippen molar-refractivity contribution in [2.24, 2.45) is 5.10 Å². The van der Waals surface area contributed by atoms with E-state index < -0.39 is 6.04 Å². The first kappa shape index (κ1) is 20.2. The highest BCUT2D eigenvalue weighted by Crippen LogP contribution is 2.36. The number of hydrogen-bond donors (Lipinski definition) is 0. The number of ether oxygens (including phenoxy) is 2. The minimum absolute atomic E-state index is 0.155. The van der Waals surface area contributed by atoms with Crippen LogP contribution in [0.5, 0.6) is 11.5 Å². The van der Waals surface area contributed by atoms with Crippen molar-refractivity contribution in [2.45, 2.75) is 12.5 Å². The third kappa shape index (κ3) is 3.95. The van der Waals surface area contributed by atoms with E-state index in [-0.39, 0.29) is 17.5 Å². The van der Waals surface area contributed by atoms with Gasteiger partial charge in [-0.3, -0.25) is 4.79 Å². The lowest BCUT2D eigenvalue weighted by Gasteiger charge is -2.21. The molecule has 2 aromatic carbocycles. The van der Waals surface area contributed by atoms with Crippen LogP contribution in [0.1, 0.15) is 34.1 Å². The van der Waals surface area contributed by atoms with Gasteiger partial charge in [0.1, 0.15) is 17.3 Å². The first-order chi connectivity index (χ1) is 14.5. The summed E-state index contributed by atoms with van der Waals surface area (Å²) in [6, 6.07) is 14.3. The van der Waals surface area contributed by atoms with Crippen molar-refractivity contribution >= 4 is 27.5 Å². The third-order valence-corrected chi connectivity index (χ3v) is 5.27. The number of benzene rings is 2. The van der Waals surface area contributed by atoms with Gasteiger partial charge < -0.3 is 13.9 Å². The Hall–Kier alpha value is -3.13. The Morgan fingerprint density at radius 1 is 1.10 bits per heavy atom. The van der Waals surface area contributed by atoms with Gasteiger partial charge in [-0.05, 0) is 57.9 Å².